The van der Waals surface area contributed by atoms with Crippen LogP contribution >= 0.6 is 0 Å². The summed E-state index contributed by atoms with van der Waals surface area (Å²) in [4.78, 5) is 25.3. The van der Waals surface area contributed by atoms with Crippen LogP contribution in [0.25, 0.3) is 0 Å². The lowest BCUT2D eigenvalue weighted by atomic mass is 9.82. The number of amides is 1. The zero-order chi connectivity index (χ0) is 16.1. The van der Waals surface area contributed by atoms with Gasteiger partial charge in [-0.3, -0.25) is 4.79 Å². The third kappa shape index (κ3) is 2.61. The normalized spacial score (nSPS) is 32.5. The van der Waals surface area contributed by atoms with Crippen molar-refractivity contribution in [2.45, 2.75) is 82.3 Å². The molecule has 0 N–H and O–H groups in total. The molecule has 2 aliphatic heterocycles. The highest BCUT2D eigenvalue weighted by Crippen LogP contribution is 2.51. The molecule has 0 saturated carbocycles. The number of hydrogen-bond donors (Lipinski definition) is 0. The van der Waals surface area contributed by atoms with Crippen LogP contribution in [0.15, 0.2) is 0 Å². The molecule has 21 heavy (non-hydrogen) atoms. The number of nitrogens with zero attached hydrogens (tertiary/aromatic N) is 1. The average molecular weight is 309 g/mol. The third-order valence-corrected chi connectivity index (χ3v) is 10.3. The molecule has 118 valence electrons. The summed E-state index contributed by atoms with van der Waals surface area (Å²) in [6.07, 6.45) is 4.18. The fourth-order valence-electron chi connectivity index (χ4n) is 3.77. The predicted octanol–water partition coefficient (Wildman–Crippen LogP) is 2.33. The van der Waals surface area contributed by atoms with Crippen molar-refractivity contribution in [1.82, 2.24) is 4.90 Å². The molecular formula is C15H28BNO3Si. The largest absolute Gasteiger partial charge is 0.411 e. The van der Waals surface area contributed by atoms with E-state index in [0.29, 0.717) is 6.42 Å². The highest BCUT2D eigenvalue weighted by atomic mass is 28.4. The Kier molecular flexibility index (Phi) is 4.17. The van der Waals surface area contributed by atoms with Gasteiger partial charge < -0.3 is 14.1 Å². The maximum Gasteiger partial charge on any atom is 0.215 e. The van der Waals surface area contributed by atoms with Crippen molar-refractivity contribution in [2.24, 2.45) is 0 Å². The first-order valence-electron chi connectivity index (χ1n) is 7.96. The van der Waals surface area contributed by atoms with Gasteiger partial charge >= 0.3 is 0 Å². The molecule has 2 saturated heterocycles. The van der Waals surface area contributed by atoms with Crippen molar-refractivity contribution in [3.05, 3.63) is 0 Å². The van der Waals surface area contributed by atoms with Gasteiger partial charge in [-0.25, -0.2) is 0 Å². The molecule has 0 aromatic heterocycles. The molecule has 3 atom stereocenters. The predicted molar refractivity (Wildman–Crippen MR) is 88.9 cm³/mol. The van der Waals surface area contributed by atoms with Crippen molar-refractivity contribution in [2.75, 3.05) is 0 Å². The summed E-state index contributed by atoms with van der Waals surface area (Å²) in [7, 11) is -0.284. The Bertz CT molecular complexity index is 449. The Hall–Kier alpha value is -0.618. The molecule has 2 aliphatic rings. The Morgan fingerprint density at radius 3 is 2.57 bits per heavy atom. The van der Waals surface area contributed by atoms with Gasteiger partial charge in [0.15, 0.2) is 14.1 Å². The number of fused-ring (bicyclic) bond motifs is 2. The van der Waals surface area contributed by atoms with Crippen LogP contribution in [0.3, 0.4) is 0 Å². The van der Waals surface area contributed by atoms with Crippen LogP contribution in [0.4, 0.5) is 4.79 Å². The van der Waals surface area contributed by atoms with Crippen LogP contribution in [0.1, 0.15) is 46.5 Å². The second-order valence-corrected chi connectivity index (χ2v) is 12.9. The van der Waals surface area contributed by atoms with Crippen molar-refractivity contribution in [3.63, 3.8) is 0 Å². The van der Waals surface area contributed by atoms with E-state index in [4.69, 9.17) is 4.43 Å². The lowest BCUT2D eigenvalue weighted by Crippen LogP contribution is -2.55. The quantitative estimate of drug-likeness (QED) is 0.591. The van der Waals surface area contributed by atoms with Gasteiger partial charge in [-0.05, 0) is 37.4 Å². The molecule has 0 aromatic rings. The van der Waals surface area contributed by atoms with Gasteiger partial charge in [0.2, 0.25) is 7.85 Å². The second-order valence-electron chi connectivity index (χ2n) is 8.16. The van der Waals surface area contributed by atoms with E-state index in [1.165, 1.54) is 0 Å². The summed E-state index contributed by atoms with van der Waals surface area (Å²) in [5, 5.41) is 0.137. The SMILES string of the molecule is BC(=O)N1C2CCC1(CC=O)C(O[Si](C)(C)C(C)(C)C)C2. The lowest BCUT2D eigenvalue weighted by Gasteiger charge is -2.45. The second kappa shape index (κ2) is 5.23. The van der Waals surface area contributed by atoms with E-state index in [1.54, 1.807) is 7.85 Å². The number of aldehydes is 1. The molecular weight excluding hydrogens is 281 g/mol. The van der Waals surface area contributed by atoms with Gasteiger partial charge in [0.1, 0.15) is 6.29 Å². The number of hydrogen-bond acceptors (Lipinski definition) is 3. The molecule has 0 aliphatic carbocycles. The molecule has 2 bridgehead atoms. The molecule has 2 fully saturated rings. The summed E-state index contributed by atoms with van der Waals surface area (Å²) in [5.41, 5.74) is -0.381. The Morgan fingerprint density at radius 1 is 1.48 bits per heavy atom. The maximum atomic E-state index is 12.1. The first-order chi connectivity index (χ1) is 9.55. The van der Waals surface area contributed by atoms with E-state index in [0.717, 1.165) is 25.5 Å². The summed E-state index contributed by atoms with van der Waals surface area (Å²) >= 11 is 0. The maximum absolute atomic E-state index is 12.1. The van der Waals surface area contributed by atoms with Gasteiger partial charge in [0.25, 0.3) is 0 Å². The number of rotatable bonds is 4. The van der Waals surface area contributed by atoms with Crippen molar-refractivity contribution in [1.29, 1.82) is 0 Å². The highest BCUT2D eigenvalue weighted by Gasteiger charge is 2.60. The van der Waals surface area contributed by atoms with Crippen LogP contribution in [-0.2, 0) is 9.22 Å². The summed E-state index contributed by atoms with van der Waals surface area (Å²) < 4.78 is 6.62. The molecule has 3 unspecified atom stereocenters. The van der Waals surface area contributed by atoms with Crippen molar-refractivity contribution < 1.29 is 14.0 Å². The first-order valence-corrected chi connectivity index (χ1v) is 10.9. The van der Waals surface area contributed by atoms with Gasteiger partial charge in [-0.2, -0.15) is 0 Å². The molecule has 0 aromatic carbocycles. The minimum atomic E-state index is -1.90. The van der Waals surface area contributed by atoms with E-state index in [9.17, 15) is 9.59 Å². The minimum Gasteiger partial charge on any atom is -0.411 e. The molecule has 1 amide bonds. The third-order valence-electron chi connectivity index (χ3n) is 5.86. The minimum absolute atomic E-state index is 0.0197. The zero-order valence-corrected chi connectivity index (χ0v) is 15.2. The van der Waals surface area contributed by atoms with Gasteiger partial charge in [-0.15, -0.1) is 0 Å². The van der Waals surface area contributed by atoms with Gasteiger partial charge in [0.05, 0.1) is 11.6 Å². The smallest absolute Gasteiger partial charge is 0.215 e. The van der Waals surface area contributed by atoms with Crippen LogP contribution < -0.4 is 0 Å². The molecule has 6 heteroatoms. The molecule has 4 nitrogen and oxygen atoms in total. The van der Waals surface area contributed by atoms with Crippen LogP contribution in [-0.4, -0.2) is 50.8 Å². The summed E-state index contributed by atoms with van der Waals surface area (Å²) in [6, 6.07) is 0.261. The zero-order valence-electron chi connectivity index (χ0n) is 14.2. The van der Waals surface area contributed by atoms with E-state index >= 15 is 0 Å². The fourth-order valence-corrected chi connectivity index (χ4v) is 5.15. The van der Waals surface area contributed by atoms with E-state index in [1.807, 2.05) is 4.90 Å². The first kappa shape index (κ1) is 16.7. The fraction of sp³-hybridized carbons (Fsp3) is 0.867. The Labute approximate surface area is 130 Å². The topological polar surface area (TPSA) is 46.6 Å². The van der Waals surface area contributed by atoms with Crippen molar-refractivity contribution >= 4 is 28.3 Å². The Morgan fingerprint density at radius 2 is 2.10 bits per heavy atom. The van der Waals surface area contributed by atoms with Crippen LogP contribution in [0.2, 0.25) is 18.1 Å². The summed E-state index contributed by atoms with van der Waals surface area (Å²) in [6.45, 7) is 11.2. The standard InChI is InChI=1S/C15H28BNO3Si/c1-14(2,3)21(4,5)20-12-10-11-6-7-15(12,8-9-18)17(11)13(16)19/h9,11-12H,6-8,10,16H2,1-5H3. The van der Waals surface area contributed by atoms with Crippen molar-refractivity contribution in [3.8, 4) is 0 Å². The summed E-state index contributed by atoms with van der Waals surface area (Å²) in [5.74, 6) is 0.0840. The van der Waals surface area contributed by atoms with Crippen LogP contribution in [0.5, 0.6) is 0 Å². The molecule has 0 spiro atoms. The lowest BCUT2D eigenvalue weighted by molar-refractivity contribution is -0.110. The molecule has 2 heterocycles. The van der Waals surface area contributed by atoms with Gasteiger partial charge in [0, 0.05) is 12.5 Å². The molecule has 0 radical (unpaired) electrons. The number of carbonyl (C=O) groups is 2. The Balaban J connectivity index is 2.29. The van der Waals surface area contributed by atoms with E-state index in [2.05, 4.69) is 33.9 Å². The van der Waals surface area contributed by atoms with Crippen LogP contribution in [0, 0.1) is 0 Å². The monoisotopic (exact) mass is 309 g/mol. The molecule has 2 rings (SSSR count). The van der Waals surface area contributed by atoms with E-state index < -0.39 is 8.32 Å². The van der Waals surface area contributed by atoms with Gasteiger partial charge in [-0.1, -0.05) is 20.8 Å². The number of carbonyl (C=O) groups excluding carboxylic acids is 2. The average Bonchev–Trinajstić information content (AvgIpc) is 2.79. The highest BCUT2D eigenvalue weighted by molar-refractivity contribution is 6.74. The van der Waals surface area contributed by atoms with E-state index in [-0.39, 0.29) is 28.5 Å².